The predicted octanol–water partition coefficient (Wildman–Crippen LogP) is 3.04. The minimum atomic E-state index is 0.833. The van der Waals surface area contributed by atoms with Gasteiger partial charge in [0, 0.05) is 18.0 Å². The van der Waals surface area contributed by atoms with E-state index in [1.165, 1.54) is 0 Å². The maximum Gasteiger partial charge on any atom is 0.132 e. The molecule has 1 aromatic carbocycles. The first-order chi connectivity index (χ1) is 9.29. The van der Waals surface area contributed by atoms with Crippen molar-refractivity contribution in [2.45, 2.75) is 6.92 Å². The molecule has 0 aliphatic carbocycles. The Morgan fingerprint density at radius 2 is 1.84 bits per heavy atom. The molecule has 0 saturated carbocycles. The number of nitrogens with one attached hydrogen (secondary N) is 1. The Labute approximate surface area is 111 Å². The first-order valence-electron chi connectivity index (χ1n) is 6.15. The number of para-hydroxylation sites is 1. The number of hydrogen-bond acceptors (Lipinski definition) is 4. The van der Waals surface area contributed by atoms with Gasteiger partial charge >= 0.3 is 0 Å². The van der Waals surface area contributed by atoms with Gasteiger partial charge in [-0.1, -0.05) is 24.3 Å². The van der Waals surface area contributed by atoms with Crippen LogP contribution in [0.5, 0.6) is 0 Å². The fourth-order valence-electron chi connectivity index (χ4n) is 2.16. The Hall–Kier alpha value is -2.49. The van der Waals surface area contributed by atoms with Gasteiger partial charge in [0.05, 0.1) is 16.9 Å². The third kappa shape index (κ3) is 2.01. The lowest BCUT2D eigenvalue weighted by Crippen LogP contribution is -2.00. The number of fused-ring (bicyclic) bond motifs is 1. The van der Waals surface area contributed by atoms with Crippen LogP contribution in [0.1, 0.15) is 5.56 Å². The quantitative estimate of drug-likeness (QED) is 0.759. The number of pyridine rings is 1. The van der Waals surface area contributed by atoms with Crippen LogP contribution in [0.4, 0.5) is 5.82 Å². The van der Waals surface area contributed by atoms with Gasteiger partial charge in [-0.2, -0.15) is 0 Å². The van der Waals surface area contributed by atoms with E-state index < -0.39 is 0 Å². The van der Waals surface area contributed by atoms with Crippen molar-refractivity contribution < 1.29 is 0 Å². The van der Waals surface area contributed by atoms with Crippen molar-refractivity contribution in [3.63, 3.8) is 0 Å². The van der Waals surface area contributed by atoms with Gasteiger partial charge in [-0.15, -0.1) is 0 Å². The molecule has 3 rings (SSSR count). The Morgan fingerprint density at radius 1 is 1.00 bits per heavy atom. The summed E-state index contributed by atoms with van der Waals surface area (Å²) < 4.78 is 0. The molecule has 0 aliphatic rings. The molecular formula is C15H14N4. The molecule has 0 amide bonds. The van der Waals surface area contributed by atoms with Crippen molar-refractivity contribution >= 4 is 16.7 Å². The van der Waals surface area contributed by atoms with Crippen LogP contribution in [0.2, 0.25) is 0 Å². The molecule has 94 valence electrons. The van der Waals surface area contributed by atoms with Crippen molar-refractivity contribution in [3.8, 4) is 11.4 Å². The second-order valence-corrected chi connectivity index (χ2v) is 4.34. The molecule has 0 radical (unpaired) electrons. The lowest BCUT2D eigenvalue weighted by molar-refractivity contribution is 1.12. The number of nitrogens with zero attached hydrogens (tertiary/aromatic N) is 3. The molecule has 4 heteroatoms. The van der Waals surface area contributed by atoms with Crippen LogP contribution in [-0.4, -0.2) is 22.0 Å². The molecule has 0 unspecified atom stereocenters. The number of anilines is 1. The van der Waals surface area contributed by atoms with Gasteiger partial charge in [0.25, 0.3) is 0 Å². The number of aromatic nitrogens is 3. The van der Waals surface area contributed by atoms with Crippen molar-refractivity contribution in [2.75, 3.05) is 12.4 Å². The summed E-state index contributed by atoms with van der Waals surface area (Å²) in [5.74, 6) is 0.833. The standard InChI is InChI=1S/C15H14N4/c1-10-14(17-9-18-15(10)16-2)13-8-7-11-5-3-4-6-12(11)19-13/h3-9H,1-2H3,(H,16,17,18). The van der Waals surface area contributed by atoms with E-state index in [-0.39, 0.29) is 0 Å². The molecule has 2 aromatic heterocycles. The molecule has 0 bridgehead atoms. The maximum atomic E-state index is 4.66. The maximum absolute atomic E-state index is 4.66. The Balaban J connectivity index is 2.19. The third-order valence-electron chi connectivity index (χ3n) is 3.16. The summed E-state index contributed by atoms with van der Waals surface area (Å²) in [5, 5.41) is 4.19. The third-order valence-corrected chi connectivity index (χ3v) is 3.16. The van der Waals surface area contributed by atoms with Crippen molar-refractivity contribution in [3.05, 3.63) is 48.3 Å². The highest BCUT2D eigenvalue weighted by Gasteiger charge is 2.09. The summed E-state index contributed by atoms with van der Waals surface area (Å²) in [4.78, 5) is 13.2. The topological polar surface area (TPSA) is 50.7 Å². The molecular weight excluding hydrogens is 236 g/mol. The molecule has 0 saturated heterocycles. The van der Waals surface area contributed by atoms with Gasteiger partial charge in [-0.3, -0.25) is 0 Å². The zero-order valence-electron chi connectivity index (χ0n) is 10.9. The molecule has 4 nitrogen and oxygen atoms in total. The summed E-state index contributed by atoms with van der Waals surface area (Å²) >= 11 is 0. The molecule has 2 heterocycles. The Kier molecular flexibility index (Phi) is 2.83. The second-order valence-electron chi connectivity index (χ2n) is 4.34. The van der Waals surface area contributed by atoms with E-state index in [1.807, 2.05) is 38.2 Å². The molecule has 19 heavy (non-hydrogen) atoms. The summed E-state index contributed by atoms with van der Waals surface area (Å²) in [6.45, 7) is 2.00. The molecule has 3 aromatic rings. The zero-order valence-corrected chi connectivity index (χ0v) is 10.9. The molecule has 0 spiro atoms. The first kappa shape index (κ1) is 11.6. The van der Waals surface area contributed by atoms with Gasteiger partial charge in [0.1, 0.15) is 12.1 Å². The van der Waals surface area contributed by atoms with Gasteiger partial charge in [0.2, 0.25) is 0 Å². The Morgan fingerprint density at radius 3 is 2.68 bits per heavy atom. The average molecular weight is 250 g/mol. The summed E-state index contributed by atoms with van der Waals surface area (Å²) in [5.41, 5.74) is 3.72. The van der Waals surface area contributed by atoms with E-state index in [0.29, 0.717) is 0 Å². The first-order valence-corrected chi connectivity index (χ1v) is 6.15. The molecule has 1 N–H and O–H groups in total. The van der Waals surface area contributed by atoms with Gasteiger partial charge in [-0.25, -0.2) is 15.0 Å². The summed E-state index contributed by atoms with van der Waals surface area (Å²) in [6, 6.07) is 12.1. The van der Waals surface area contributed by atoms with E-state index in [9.17, 15) is 0 Å². The van der Waals surface area contributed by atoms with E-state index in [0.717, 1.165) is 33.7 Å². The van der Waals surface area contributed by atoms with Crippen LogP contribution in [-0.2, 0) is 0 Å². The zero-order chi connectivity index (χ0) is 13.2. The van der Waals surface area contributed by atoms with Gasteiger partial charge in [-0.05, 0) is 19.1 Å². The monoisotopic (exact) mass is 250 g/mol. The van der Waals surface area contributed by atoms with E-state index in [1.54, 1.807) is 6.33 Å². The highest BCUT2D eigenvalue weighted by atomic mass is 15.0. The normalized spacial score (nSPS) is 10.6. The number of rotatable bonds is 2. The van der Waals surface area contributed by atoms with Crippen LogP contribution in [0, 0.1) is 6.92 Å². The van der Waals surface area contributed by atoms with Crippen LogP contribution in [0.25, 0.3) is 22.3 Å². The minimum absolute atomic E-state index is 0.833. The smallest absolute Gasteiger partial charge is 0.132 e. The largest absolute Gasteiger partial charge is 0.373 e. The highest BCUT2D eigenvalue weighted by molar-refractivity contribution is 5.81. The van der Waals surface area contributed by atoms with E-state index >= 15 is 0 Å². The number of benzene rings is 1. The van der Waals surface area contributed by atoms with Crippen LogP contribution < -0.4 is 5.32 Å². The van der Waals surface area contributed by atoms with Crippen molar-refractivity contribution in [2.24, 2.45) is 0 Å². The lowest BCUT2D eigenvalue weighted by Gasteiger charge is -2.08. The molecule has 0 atom stereocenters. The van der Waals surface area contributed by atoms with E-state index in [2.05, 4.69) is 32.4 Å². The highest BCUT2D eigenvalue weighted by Crippen LogP contribution is 2.24. The van der Waals surface area contributed by atoms with Crippen molar-refractivity contribution in [1.82, 2.24) is 15.0 Å². The van der Waals surface area contributed by atoms with Crippen LogP contribution in [0.15, 0.2) is 42.7 Å². The average Bonchev–Trinajstić information content (AvgIpc) is 2.47. The van der Waals surface area contributed by atoms with Crippen molar-refractivity contribution in [1.29, 1.82) is 0 Å². The Bertz CT molecular complexity index is 737. The fourth-order valence-corrected chi connectivity index (χ4v) is 2.16. The van der Waals surface area contributed by atoms with Gasteiger partial charge < -0.3 is 5.32 Å². The minimum Gasteiger partial charge on any atom is -0.373 e. The van der Waals surface area contributed by atoms with Gasteiger partial charge in [0.15, 0.2) is 0 Å². The molecule has 0 aliphatic heterocycles. The predicted molar refractivity (Wildman–Crippen MR) is 77.1 cm³/mol. The van der Waals surface area contributed by atoms with Crippen LogP contribution in [0.3, 0.4) is 0 Å². The van der Waals surface area contributed by atoms with E-state index in [4.69, 9.17) is 0 Å². The summed E-state index contributed by atoms with van der Waals surface area (Å²) in [6.07, 6.45) is 1.56. The molecule has 0 fully saturated rings. The second kappa shape index (κ2) is 4.65. The number of hydrogen-bond donors (Lipinski definition) is 1. The lowest BCUT2D eigenvalue weighted by atomic mass is 10.1. The fraction of sp³-hybridized carbons (Fsp3) is 0.133. The van der Waals surface area contributed by atoms with Crippen LogP contribution >= 0.6 is 0 Å². The SMILES string of the molecule is CNc1ncnc(-c2ccc3ccccc3n2)c1C. The summed E-state index contributed by atoms with van der Waals surface area (Å²) in [7, 11) is 1.85.